The quantitative estimate of drug-likeness (QED) is 0.659. The molecule has 0 saturated heterocycles. The molecule has 15 heavy (non-hydrogen) atoms. The molecule has 0 aromatic heterocycles. The lowest BCUT2D eigenvalue weighted by Crippen LogP contribution is -2.27. The Bertz CT molecular complexity index is 546. The van der Waals surface area contributed by atoms with E-state index in [1.807, 2.05) is 0 Å². The minimum absolute atomic E-state index is 0.284. The Morgan fingerprint density at radius 2 is 2.33 bits per heavy atom. The Balaban J connectivity index is 2.29. The smallest absolute Gasteiger partial charge is 0.417 e. The first-order chi connectivity index (χ1) is 7.25. The molecule has 3 rings (SSSR count). The zero-order chi connectivity index (χ0) is 10.4. The molecule has 3 aliphatic rings. The Hall–Kier alpha value is -2.44. The van der Waals surface area contributed by atoms with Gasteiger partial charge in [0.1, 0.15) is 12.2 Å². The van der Waals surface area contributed by atoms with E-state index in [-0.39, 0.29) is 5.82 Å². The number of carboxylic acid groups (broad SMARTS) is 1. The summed E-state index contributed by atoms with van der Waals surface area (Å²) in [5.74, 6) is 1.38. The Morgan fingerprint density at radius 3 is 3.13 bits per heavy atom. The number of anilines is 1. The maximum Gasteiger partial charge on any atom is 0.417 e. The van der Waals surface area contributed by atoms with Crippen LogP contribution in [0.4, 0.5) is 10.6 Å². The molecule has 7 heteroatoms. The molecule has 0 aliphatic carbocycles. The number of nitrogens with zero attached hydrogens (tertiary/aromatic N) is 4. The van der Waals surface area contributed by atoms with Crippen molar-refractivity contribution in [2.75, 3.05) is 4.90 Å². The van der Waals surface area contributed by atoms with E-state index in [0.717, 1.165) is 4.90 Å². The van der Waals surface area contributed by atoms with Gasteiger partial charge in [-0.1, -0.05) is 0 Å². The standard InChI is InChI=1S/C8H5N5O2/c14-8(15)13-2-1-4-11-6-5(7(13)12-4)9-3-10-6/h1-3H,(H,14,15)(H,9,10,11,12). The van der Waals surface area contributed by atoms with Crippen LogP contribution in [0.1, 0.15) is 5.82 Å². The summed E-state index contributed by atoms with van der Waals surface area (Å²) in [6.07, 6.45) is 3.25. The minimum atomic E-state index is -1.10. The van der Waals surface area contributed by atoms with Crippen molar-refractivity contribution in [2.45, 2.75) is 0 Å². The Morgan fingerprint density at radius 1 is 1.47 bits per heavy atom. The summed E-state index contributed by atoms with van der Waals surface area (Å²) in [4.78, 5) is 26.8. The number of imidazole rings is 1. The molecule has 0 saturated carbocycles. The van der Waals surface area contributed by atoms with Crippen molar-refractivity contribution in [1.29, 1.82) is 0 Å². The van der Waals surface area contributed by atoms with E-state index in [1.54, 1.807) is 6.08 Å². The monoisotopic (exact) mass is 203 g/mol. The third-order valence-electron chi connectivity index (χ3n) is 2.10. The lowest BCUT2D eigenvalue weighted by atomic mass is 10.3. The van der Waals surface area contributed by atoms with Crippen LogP contribution in [0.5, 0.6) is 0 Å². The van der Waals surface area contributed by atoms with E-state index in [0.29, 0.717) is 17.3 Å². The first kappa shape index (κ1) is 7.92. The second kappa shape index (κ2) is 2.53. The molecule has 0 fully saturated rings. The van der Waals surface area contributed by atoms with E-state index in [2.05, 4.69) is 19.9 Å². The van der Waals surface area contributed by atoms with Crippen LogP contribution in [-0.4, -0.2) is 31.1 Å². The molecular weight excluding hydrogens is 198 g/mol. The van der Waals surface area contributed by atoms with Gasteiger partial charge in [0.2, 0.25) is 0 Å². The van der Waals surface area contributed by atoms with Gasteiger partial charge in [-0.25, -0.2) is 24.6 Å². The van der Waals surface area contributed by atoms with Gasteiger partial charge in [0.25, 0.3) is 0 Å². The number of H-pyrrole nitrogens is 1. The largest absolute Gasteiger partial charge is 0.464 e. The van der Waals surface area contributed by atoms with E-state index >= 15 is 0 Å². The predicted octanol–water partition coefficient (Wildman–Crippen LogP) is 0.773. The summed E-state index contributed by atoms with van der Waals surface area (Å²) >= 11 is 0. The van der Waals surface area contributed by atoms with Crippen LogP contribution in [0.3, 0.4) is 0 Å². The van der Waals surface area contributed by atoms with Gasteiger partial charge in [-0.2, -0.15) is 0 Å². The fourth-order valence-corrected chi connectivity index (χ4v) is 1.46. The molecule has 0 aromatic carbocycles. The van der Waals surface area contributed by atoms with Crippen molar-refractivity contribution >= 4 is 18.0 Å². The summed E-state index contributed by atoms with van der Waals surface area (Å²) in [5, 5.41) is 8.93. The Kier molecular flexibility index (Phi) is 1.34. The van der Waals surface area contributed by atoms with E-state index < -0.39 is 6.09 Å². The van der Waals surface area contributed by atoms with Gasteiger partial charge in [0, 0.05) is 6.20 Å². The lowest BCUT2D eigenvalue weighted by molar-refractivity contribution is 0.204. The van der Waals surface area contributed by atoms with E-state index in [1.165, 1.54) is 12.5 Å². The zero-order valence-corrected chi connectivity index (χ0v) is 7.38. The summed E-state index contributed by atoms with van der Waals surface area (Å²) in [7, 11) is 0. The van der Waals surface area contributed by atoms with Gasteiger partial charge >= 0.3 is 6.09 Å². The van der Waals surface area contributed by atoms with Crippen molar-refractivity contribution in [3.8, 4) is 11.5 Å². The molecule has 74 valence electrons. The number of aromatic amines is 1. The van der Waals surface area contributed by atoms with Crippen molar-refractivity contribution in [3.05, 3.63) is 18.4 Å². The molecule has 2 N–H and O–H groups in total. The molecule has 2 bridgehead atoms. The fraction of sp³-hybridized carbons (Fsp3) is 0. The summed E-state index contributed by atoms with van der Waals surface area (Å²) in [6.45, 7) is 0. The molecule has 1 amide bonds. The maximum absolute atomic E-state index is 10.9. The van der Waals surface area contributed by atoms with Crippen LogP contribution in [0.2, 0.25) is 0 Å². The average molecular weight is 203 g/mol. The summed E-state index contributed by atoms with van der Waals surface area (Å²) in [6, 6.07) is 0. The van der Waals surface area contributed by atoms with Crippen LogP contribution >= 0.6 is 0 Å². The molecule has 3 heterocycles. The van der Waals surface area contributed by atoms with Crippen LogP contribution in [0.25, 0.3) is 17.6 Å². The molecule has 3 aliphatic heterocycles. The summed E-state index contributed by atoms with van der Waals surface area (Å²) in [5.41, 5.74) is 0.450. The number of fused-ring (bicyclic) bond motifs is 4. The highest BCUT2D eigenvalue weighted by Gasteiger charge is 2.25. The van der Waals surface area contributed by atoms with Gasteiger partial charge in [0.05, 0.1) is 0 Å². The van der Waals surface area contributed by atoms with Gasteiger partial charge in [-0.15, -0.1) is 0 Å². The second-order valence-corrected chi connectivity index (χ2v) is 2.98. The van der Waals surface area contributed by atoms with Crippen LogP contribution in [-0.2, 0) is 0 Å². The predicted molar refractivity (Wildman–Crippen MR) is 50.3 cm³/mol. The topological polar surface area (TPSA) is 95.0 Å². The van der Waals surface area contributed by atoms with Crippen LogP contribution in [0.15, 0.2) is 12.5 Å². The minimum Gasteiger partial charge on any atom is -0.464 e. The second-order valence-electron chi connectivity index (χ2n) is 2.98. The molecular formula is C8H5N5O2. The number of rotatable bonds is 0. The van der Waals surface area contributed by atoms with Crippen molar-refractivity contribution < 1.29 is 9.90 Å². The normalized spacial score (nSPS) is 13.5. The molecule has 0 atom stereocenters. The summed E-state index contributed by atoms with van der Waals surface area (Å²) < 4.78 is 0. The molecule has 0 radical (unpaired) electrons. The Labute approximate surface area is 83.5 Å². The highest BCUT2D eigenvalue weighted by Crippen LogP contribution is 2.29. The number of hydrogen-bond donors (Lipinski definition) is 2. The molecule has 0 spiro atoms. The van der Waals surface area contributed by atoms with Crippen molar-refractivity contribution in [1.82, 2.24) is 19.9 Å². The van der Waals surface area contributed by atoms with Gasteiger partial charge < -0.3 is 10.1 Å². The number of aromatic nitrogens is 4. The average Bonchev–Trinajstić information content (AvgIpc) is 2.65. The SMILES string of the molecule is O=C(O)N1C=Cc2nc1c1ncnc-1[nH]2. The van der Waals surface area contributed by atoms with Crippen LogP contribution < -0.4 is 4.90 Å². The maximum atomic E-state index is 10.9. The van der Waals surface area contributed by atoms with Crippen molar-refractivity contribution in [3.63, 3.8) is 0 Å². The van der Waals surface area contributed by atoms with Crippen molar-refractivity contribution in [2.24, 2.45) is 0 Å². The zero-order valence-electron chi connectivity index (χ0n) is 7.38. The third kappa shape index (κ3) is 0.997. The lowest BCUT2D eigenvalue weighted by Gasteiger charge is -2.19. The molecule has 0 aromatic rings. The number of carbonyl (C=O) groups is 1. The van der Waals surface area contributed by atoms with E-state index in [4.69, 9.17) is 5.11 Å². The number of amides is 1. The van der Waals surface area contributed by atoms with Gasteiger partial charge in [-0.3, -0.25) is 0 Å². The third-order valence-corrected chi connectivity index (χ3v) is 2.10. The number of hydrogen-bond acceptors (Lipinski definition) is 4. The number of nitrogens with one attached hydrogen (secondary N) is 1. The van der Waals surface area contributed by atoms with Crippen LogP contribution in [0, 0.1) is 0 Å². The van der Waals surface area contributed by atoms with Gasteiger partial charge in [-0.05, 0) is 6.08 Å². The van der Waals surface area contributed by atoms with Gasteiger partial charge in [0.15, 0.2) is 17.3 Å². The first-order valence-electron chi connectivity index (χ1n) is 4.17. The van der Waals surface area contributed by atoms with E-state index in [9.17, 15) is 4.79 Å². The molecule has 0 unspecified atom stereocenters. The highest BCUT2D eigenvalue weighted by atomic mass is 16.4. The highest BCUT2D eigenvalue weighted by molar-refractivity contribution is 5.93. The molecule has 7 nitrogen and oxygen atoms in total. The fourth-order valence-electron chi connectivity index (χ4n) is 1.46. The first-order valence-corrected chi connectivity index (χ1v) is 4.17.